The average molecular weight is 391 g/mol. The van der Waals surface area contributed by atoms with Crippen LogP contribution >= 0.6 is 0 Å². The van der Waals surface area contributed by atoms with Gasteiger partial charge in [0.2, 0.25) is 0 Å². The Morgan fingerprint density at radius 2 is 1.66 bits per heavy atom. The van der Waals surface area contributed by atoms with Crippen molar-refractivity contribution in [3.63, 3.8) is 0 Å². The predicted molar refractivity (Wildman–Crippen MR) is 113 cm³/mol. The minimum Gasteiger partial charge on any atom is -0.497 e. The van der Waals surface area contributed by atoms with Crippen molar-refractivity contribution in [3.05, 3.63) is 95.6 Å². The van der Waals surface area contributed by atoms with Gasteiger partial charge in [0.05, 0.1) is 7.11 Å². The van der Waals surface area contributed by atoms with Gasteiger partial charge < -0.3 is 19.9 Å². The van der Waals surface area contributed by atoms with E-state index in [1.54, 1.807) is 43.5 Å². The van der Waals surface area contributed by atoms with E-state index in [1.807, 2.05) is 42.5 Å². The molecule has 0 unspecified atom stereocenters. The molecule has 0 heterocycles. The molecule has 0 aromatic heterocycles. The van der Waals surface area contributed by atoms with Crippen molar-refractivity contribution in [2.24, 2.45) is 0 Å². The molecular formula is C24H25NO4. The van der Waals surface area contributed by atoms with Crippen LogP contribution in [-0.2, 0) is 6.54 Å². The fourth-order valence-corrected chi connectivity index (χ4v) is 2.88. The number of aliphatic hydroxyl groups is 1. The van der Waals surface area contributed by atoms with E-state index in [0.717, 1.165) is 11.3 Å². The quantitative estimate of drug-likeness (QED) is 0.518. The van der Waals surface area contributed by atoms with Crippen LogP contribution in [0.5, 0.6) is 11.5 Å². The molecule has 0 saturated heterocycles. The first-order valence-corrected chi connectivity index (χ1v) is 9.50. The number of ether oxygens (including phenoxy) is 2. The largest absolute Gasteiger partial charge is 0.497 e. The van der Waals surface area contributed by atoms with Crippen molar-refractivity contribution in [2.45, 2.75) is 12.6 Å². The van der Waals surface area contributed by atoms with Crippen LogP contribution in [0.1, 0.15) is 21.5 Å². The number of carbonyl (C=O) groups excluding carboxylic acids is 1. The fraction of sp³-hybridized carbons (Fsp3) is 0.208. The van der Waals surface area contributed by atoms with Crippen LogP contribution in [0.25, 0.3) is 0 Å². The van der Waals surface area contributed by atoms with Crippen LogP contribution in [0.2, 0.25) is 0 Å². The van der Waals surface area contributed by atoms with Crippen LogP contribution in [-0.4, -0.2) is 37.3 Å². The van der Waals surface area contributed by atoms with E-state index in [4.69, 9.17) is 9.47 Å². The lowest BCUT2D eigenvalue weighted by Gasteiger charge is -2.14. The van der Waals surface area contributed by atoms with Gasteiger partial charge in [0.15, 0.2) is 5.78 Å². The van der Waals surface area contributed by atoms with Gasteiger partial charge in [0.1, 0.15) is 24.2 Å². The highest BCUT2D eigenvalue weighted by molar-refractivity contribution is 6.08. The predicted octanol–water partition coefficient (Wildman–Crippen LogP) is 3.46. The van der Waals surface area contributed by atoms with E-state index in [9.17, 15) is 9.90 Å². The standard InChI is InChI=1S/C24H25NO4/c1-28-23-9-5-6-18(14-23)15-25-16-21(26)17-29-22-12-10-20(11-13-22)24(27)19-7-3-2-4-8-19/h2-14,21,25-26H,15-17H2,1H3/t21-/m1/s1. The number of rotatable bonds is 10. The molecule has 0 spiro atoms. The molecule has 1 atom stereocenters. The third-order valence-electron chi connectivity index (χ3n) is 4.44. The molecule has 0 radical (unpaired) electrons. The molecule has 3 aromatic carbocycles. The summed E-state index contributed by atoms with van der Waals surface area (Å²) in [5.74, 6) is 1.39. The van der Waals surface area contributed by atoms with Crippen LogP contribution in [0, 0.1) is 0 Å². The van der Waals surface area contributed by atoms with Crippen molar-refractivity contribution in [3.8, 4) is 11.5 Å². The van der Waals surface area contributed by atoms with E-state index < -0.39 is 6.10 Å². The molecule has 0 fully saturated rings. The van der Waals surface area contributed by atoms with E-state index in [-0.39, 0.29) is 12.4 Å². The van der Waals surface area contributed by atoms with Gasteiger partial charge in [-0.1, -0.05) is 42.5 Å². The molecule has 5 nitrogen and oxygen atoms in total. The van der Waals surface area contributed by atoms with Gasteiger partial charge in [-0.05, 0) is 42.0 Å². The molecule has 0 bridgehead atoms. The minimum absolute atomic E-state index is 0.0288. The molecule has 0 aliphatic carbocycles. The summed E-state index contributed by atoms with van der Waals surface area (Å²) in [5.41, 5.74) is 2.33. The molecule has 0 amide bonds. The summed E-state index contributed by atoms with van der Waals surface area (Å²) < 4.78 is 10.8. The van der Waals surface area contributed by atoms with E-state index >= 15 is 0 Å². The Bertz CT molecular complexity index is 910. The normalized spacial score (nSPS) is 11.7. The lowest BCUT2D eigenvalue weighted by molar-refractivity contribution is 0.103. The number of hydrogen-bond donors (Lipinski definition) is 2. The summed E-state index contributed by atoms with van der Waals surface area (Å²) in [5, 5.41) is 13.3. The molecule has 0 saturated carbocycles. The third-order valence-corrected chi connectivity index (χ3v) is 4.44. The second kappa shape index (κ2) is 10.4. The smallest absolute Gasteiger partial charge is 0.193 e. The molecule has 5 heteroatoms. The number of benzene rings is 3. The number of aliphatic hydroxyl groups excluding tert-OH is 1. The summed E-state index contributed by atoms with van der Waals surface area (Å²) in [6.07, 6.45) is -0.647. The molecule has 29 heavy (non-hydrogen) atoms. The number of hydrogen-bond acceptors (Lipinski definition) is 5. The SMILES string of the molecule is COc1cccc(CNC[C@@H](O)COc2ccc(C(=O)c3ccccc3)cc2)c1. The maximum absolute atomic E-state index is 12.4. The second-order valence-electron chi connectivity index (χ2n) is 6.67. The van der Waals surface area contributed by atoms with E-state index in [0.29, 0.717) is 30.0 Å². The number of methoxy groups -OCH3 is 1. The Labute approximate surface area is 170 Å². The van der Waals surface area contributed by atoms with Crippen molar-refractivity contribution >= 4 is 5.78 Å². The second-order valence-corrected chi connectivity index (χ2v) is 6.67. The zero-order chi connectivity index (χ0) is 20.5. The van der Waals surface area contributed by atoms with Crippen LogP contribution < -0.4 is 14.8 Å². The van der Waals surface area contributed by atoms with Gasteiger partial charge in [0.25, 0.3) is 0 Å². The maximum Gasteiger partial charge on any atom is 0.193 e. The summed E-state index contributed by atoms with van der Waals surface area (Å²) >= 11 is 0. The van der Waals surface area contributed by atoms with Gasteiger partial charge >= 0.3 is 0 Å². The molecule has 0 aliphatic rings. The maximum atomic E-state index is 12.4. The van der Waals surface area contributed by atoms with Crippen molar-refractivity contribution < 1.29 is 19.4 Å². The Hall–Kier alpha value is -3.15. The topological polar surface area (TPSA) is 67.8 Å². The number of nitrogens with one attached hydrogen (secondary N) is 1. The highest BCUT2D eigenvalue weighted by atomic mass is 16.5. The first-order chi connectivity index (χ1) is 14.2. The van der Waals surface area contributed by atoms with Gasteiger partial charge in [0, 0.05) is 24.2 Å². The van der Waals surface area contributed by atoms with Crippen LogP contribution in [0.15, 0.2) is 78.9 Å². The lowest BCUT2D eigenvalue weighted by atomic mass is 10.0. The molecule has 3 rings (SSSR count). The van der Waals surface area contributed by atoms with Crippen molar-refractivity contribution in [2.75, 3.05) is 20.3 Å². The summed E-state index contributed by atoms with van der Waals surface area (Å²) in [7, 11) is 1.64. The zero-order valence-electron chi connectivity index (χ0n) is 16.4. The van der Waals surface area contributed by atoms with Crippen LogP contribution in [0.4, 0.5) is 0 Å². The van der Waals surface area contributed by atoms with Gasteiger partial charge in [-0.3, -0.25) is 4.79 Å². The van der Waals surface area contributed by atoms with E-state index in [2.05, 4.69) is 5.32 Å². The number of ketones is 1. The molecule has 150 valence electrons. The molecule has 3 aromatic rings. The first-order valence-electron chi connectivity index (χ1n) is 9.50. The number of carbonyl (C=O) groups is 1. The molecular weight excluding hydrogens is 366 g/mol. The average Bonchev–Trinajstić information content (AvgIpc) is 2.78. The van der Waals surface area contributed by atoms with Gasteiger partial charge in [-0.25, -0.2) is 0 Å². The highest BCUT2D eigenvalue weighted by Crippen LogP contribution is 2.16. The fourth-order valence-electron chi connectivity index (χ4n) is 2.88. The highest BCUT2D eigenvalue weighted by Gasteiger charge is 2.09. The van der Waals surface area contributed by atoms with Crippen LogP contribution in [0.3, 0.4) is 0 Å². The Balaban J connectivity index is 1.43. The van der Waals surface area contributed by atoms with Gasteiger partial charge in [-0.2, -0.15) is 0 Å². The van der Waals surface area contributed by atoms with Gasteiger partial charge in [-0.15, -0.1) is 0 Å². The van der Waals surface area contributed by atoms with Crippen molar-refractivity contribution in [1.82, 2.24) is 5.32 Å². The summed E-state index contributed by atoms with van der Waals surface area (Å²) in [6, 6.07) is 23.9. The lowest BCUT2D eigenvalue weighted by Crippen LogP contribution is -2.31. The zero-order valence-corrected chi connectivity index (χ0v) is 16.4. The van der Waals surface area contributed by atoms with E-state index in [1.165, 1.54) is 0 Å². The first kappa shape index (κ1) is 20.6. The third kappa shape index (κ3) is 6.17. The minimum atomic E-state index is -0.647. The Morgan fingerprint density at radius 1 is 0.931 bits per heavy atom. The monoisotopic (exact) mass is 391 g/mol. The molecule has 0 aliphatic heterocycles. The Kier molecular flexibility index (Phi) is 7.39. The van der Waals surface area contributed by atoms with Crippen molar-refractivity contribution in [1.29, 1.82) is 0 Å². The summed E-state index contributed by atoms with van der Waals surface area (Å²) in [6.45, 7) is 1.20. The Morgan fingerprint density at radius 3 is 2.38 bits per heavy atom. The molecule has 2 N–H and O–H groups in total. The summed E-state index contributed by atoms with van der Waals surface area (Å²) in [4.78, 5) is 12.4.